The molecule has 1 unspecified atom stereocenters. The van der Waals surface area contributed by atoms with E-state index in [4.69, 9.17) is 29.6 Å². The van der Waals surface area contributed by atoms with Gasteiger partial charge >= 0.3 is 11.9 Å². The standard InChI is InChI=1S/C16H25NO3.C2H2O4.H2O/c1-12(2)17-9-15(19)11-20-16-7-5-4-6-14(16)8-13(3)10-18;3-1(4)2(5)6;/h4-8,12,15,17-19H,9-11H2,1-3H3;(H,3,4)(H,5,6);1H2/b13-8+;;. The van der Waals surface area contributed by atoms with Gasteiger partial charge in [-0.1, -0.05) is 38.1 Å². The van der Waals surface area contributed by atoms with Crippen molar-refractivity contribution in [2.75, 3.05) is 19.8 Å². The van der Waals surface area contributed by atoms with Crippen LogP contribution < -0.4 is 10.1 Å². The molecule has 0 saturated carbocycles. The Bertz CT molecular complexity index is 589. The van der Waals surface area contributed by atoms with E-state index in [9.17, 15) is 5.11 Å². The van der Waals surface area contributed by atoms with Crippen molar-refractivity contribution in [1.29, 1.82) is 0 Å². The summed E-state index contributed by atoms with van der Waals surface area (Å²) < 4.78 is 5.66. The number of ether oxygens (including phenoxy) is 1. The number of carbonyl (C=O) groups is 2. The first-order valence-corrected chi connectivity index (χ1v) is 8.04. The maximum Gasteiger partial charge on any atom is 0.414 e. The monoisotopic (exact) mass is 387 g/mol. The van der Waals surface area contributed by atoms with Crippen LogP contribution in [-0.4, -0.2) is 69.7 Å². The van der Waals surface area contributed by atoms with E-state index in [0.717, 1.165) is 11.1 Å². The van der Waals surface area contributed by atoms with Crippen LogP contribution in [0.4, 0.5) is 0 Å². The maximum absolute atomic E-state index is 9.84. The average molecular weight is 387 g/mol. The van der Waals surface area contributed by atoms with E-state index in [0.29, 0.717) is 18.3 Å². The molecule has 9 heteroatoms. The highest BCUT2D eigenvalue weighted by molar-refractivity contribution is 6.27. The molecule has 0 fully saturated rings. The summed E-state index contributed by atoms with van der Waals surface area (Å²) in [6.07, 6.45) is 1.34. The van der Waals surface area contributed by atoms with E-state index in [-0.39, 0.29) is 18.7 Å². The fourth-order valence-electron chi connectivity index (χ4n) is 1.66. The van der Waals surface area contributed by atoms with E-state index in [1.807, 2.05) is 51.1 Å². The summed E-state index contributed by atoms with van der Waals surface area (Å²) in [5.74, 6) is -2.94. The fraction of sp³-hybridized carbons (Fsp3) is 0.444. The number of aliphatic hydroxyl groups is 2. The Morgan fingerprint density at radius 1 is 1.19 bits per heavy atom. The molecule has 0 aliphatic carbocycles. The Kier molecular flexibility index (Phi) is 14.6. The summed E-state index contributed by atoms with van der Waals surface area (Å²) in [7, 11) is 0. The lowest BCUT2D eigenvalue weighted by Gasteiger charge is -2.16. The number of aliphatic carboxylic acids is 2. The van der Waals surface area contributed by atoms with Crippen LogP contribution in [0.2, 0.25) is 0 Å². The molecule has 0 heterocycles. The summed E-state index contributed by atoms with van der Waals surface area (Å²) in [5, 5.41) is 36.8. The minimum Gasteiger partial charge on any atom is -0.490 e. The second-order valence-corrected chi connectivity index (χ2v) is 5.82. The smallest absolute Gasteiger partial charge is 0.414 e. The van der Waals surface area contributed by atoms with Crippen molar-refractivity contribution in [3.05, 3.63) is 35.4 Å². The molecule has 0 aromatic heterocycles. The van der Waals surface area contributed by atoms with Crippen LogP contribution in [-0.2, 0) is 9.59 Å². The molecule has 9 nitrogen and oxygen atoms in total. The topological polar surface area (TPSA) is 168 Å². The molecule has 7 N–H and O–H groups in total. The van der Waals surface area contributed by atoms with Gasteiger partial charge in [-0.2, -0.15) is 0 Å². The Labute approximate surface area is 158 Å². The van der Waals surface area contributed by atoms with Gasteiger partial charge in [-0.25, -0.2) is 9.59 Å². The van der Waals surface area contributed by atoms with Gasteiger partial charge in [-0.3, -0.25) is 0 Å². The van der Waals surface area contributed by atoms with Gasteiger partial charge in [0.05, 0.1) is 6.61 Å². The second kappa shape index (κ2) is 14.7. The third-order valence-electron chi connectivity index (χ3n) is 2.95. The van der Waals surface area contributed by atoms with E-state index >= 15 is 0 Å². The molecule has 1 atom stereocenters. The second-order valence-electron chi connectivity index (χ2n) is 5.82. The first-order chi connectivity index (χ1) is 12.2. The van der Waals surface area contributed by atoms with Gasteiger partial charge in [0.25, 0.3) is 0 Å². The van der Waals surface area contributed by atoms with E-state index < -0.39 is 18.0 Å². The van der Waals surface area contributed by atoms with Crippen molar-refractivity contribution in [1.82, 2.24) is 5.32 Å². The predicted molar refractivity (Wildman–Crippen MR) is 101 cm³/mol. The Hall–Kier alpha value is -2.46. The van der Waals surface area contributed by atoms with Gasteiger partial charge in [0, 0.05) is 18.2 Å². The van der Waals surface area contributed by atoms with Crippen LogP contribution in [0.3, 0.4) is 0 Å². The molecular formula is C18H29NO8. The van der Waals surface area contributed by atoms with Crippen LogP contribution in [0.1, 0.15) is 26.3 Å². The lowest BCUT2D eigenvalue weighted by molar-refractivity contribution is -0.159. The van der Waals surface area contributed by atoms with Crippen molar-refractivity contribution in [3.8, 4) is 5.75 Å². The average Bonchev–Trinajstić information content (AvgIpc) is 2.59. The molecule has 1 aromatic rings. The molecule has 154 valence electrons. The van der Waals surface area contributed by atoms with Crippen molar-refractivity contribution < 1.29 is 40.2 Å². The molecule has 0 amide bonds. The molecule has 1 aromatic carbocycles. The van der Waals surface area contributed by atoms with Crippen LogP contribution >= 0.6 is 0 Å². The number of aliphatic hydroxyl groups excluding tert-OH is 2. The lowest BCUT2D eigenvalue weighted by atomic mass is 10.1. The molecular weight excluding hydrogens is 358 g/mol. The van der Waals surface area contributed by atoms with Gasteiger partial charge in [-0.15, -0.1) is 0 Å². The fourth-order valence-corrected chi connectivity index (χ4v) is 1.66. The first kappa shape index (κ1) is 26.8. The largest absolute Gasteiger partial charge is 0.490 e. The molecule has 0 aliphatic rings. The summed E-state index contributed by atoms with van der Waals surface area (Å²) in [6.45, 7) is 6.69. The van der Waals surface area contributed by atoms with E-state index in [1.54, 1.807) is 0 Å². The third-order valence-corrected chi connectivity index (χ3v) is 2.95. The Balaban J connectivity index is 0. The Morgan fingerprint density at radius 3 is 2.22 bits per heavy atom. The summed E-state index contributed by atoms with van der Waals surface area (Å²) >= 11 is 0. The number of carboxylic acid groups (broad SMARTS) is 2. The van der Waals surface area contributed by atoms with Crippen molar-refractivity contribution >= 4 is 18.0 Å². The number of hydrogen-bond acceptors (Lipinski definition) is 6. The number of para-hydroxylation sites is 1. The quantitative estimate of drug-likeness (QED) is 0.393. The third kappa shape index (κ3) is 13.4. The van der Waals surface area contributed by atoms with Crippen LogP contribution in [0.15, 0.2) is 29.8 Å². The zero-order chi connectivity index (χ0) is 20.1. The van der Waals surface area contributed by atoms with E-state index in [1.165, 1.54) is 0 Å². The van der Waals surface area contributed by atoms with Gasteiger partial charge in [0.15, 0.2) is 0 Å². The molecule has 27 heavy (non-hydrogen) atoms. The zero-order valence-electron chi connectivity index (χ0n) is 15.7. The minimum atomic E-state index is -1.82. The highest BCUT2D eigenvalue weighted by Gasteiger charge is 2.08. The number of benzene rings is 1. The molecule has 1 rings (SSSR count). The number of rotatable bonds is 8. The van der Waals surface area contributed by atoms with Gasteiger partial charge in [0.1, 0.15) is 18.5 Å². The maximum atomic E-state index is 9.84. The van der Waals surface area contributed by atoms with Crippen LogP contribution in [0.5, 0.6) is 5.75 Å². The Morgan fingerprint density at radius 2 is 1.74 bits per heavy atom. The zero-order valence-corrected chi connectivity index (χ0v) is 15.7. The van der Waals surface area contributed by atoms with Crippen molar-refractivity contribution in [2.24, 2.45) is 0 Å². The van der Waals surface area contributed by atoms with Crippen molar-refractivity contribution in [3.63, 3.8) is 0 Å². The normalized spacial score (nSPS) is 11.7. The van der Waals surface area contributed by atoms with Crippen LogP contribution in [0, 0.1) is 0 Å². The lowest BCUT2D eigenvalue weighted by Crippen LogP contribution is -2.35. The molecule has 0 spiro atoms. The summed E-state index contributed by atoms with van der Waals surface area (Å²) in [6, 6.07) is 7.93. The van der Waals surface area contributed by atoms with Gasteiger partial charge in [-0.05, 0) is 18.6 Å². The number of nitrogens with one attached hydrogen (secondary N) is 1. The SMILES string of the molecule is C/C(=C\c1ccccc1OCC(O)CNC(C)C)CO.O.O=C(O)C(=O)O. The van der Waals surface area contributed by atoms with E-state index in [2.05, 4.69) is 5.32 Å². The summed E-state index contributed by atoms with van der Waals surface area (Å²) in [5.41, 5.74) is 1.77. The molecule has 0 aliphatic heterocycles. The predicted octanol–water partition coefficient (Wildman–Crippen LogP) is 0.151. The van der Waals surface area contributed by atoms with Crippen LogP contribution in [0.25, 0.3) is 6.08 Å². The van der Waals surface area contributed by atoms with Gasteiger partial charge < -0.3 is 36.0 Å². The highest BCUT2D eigenvalue weighted by Crippen LogP contribution is 2.21. The first-order valence-electron chi connectivity index (χ1n) is 8.04. The molecule has 0 saturated heterocycles. The number of carboxylic acids is 2. The molecule has 0 radical (unpaired) electrons. The molecule has 0 bridgehead atoms. The van der Waals surface area contributed by atoms with Gasteiger partial charge in [0.2, 0.25) is 0 Å². The highest BCUT2D eigenvalue weighted by atomic mass is 16.5. The van der Waals surface area contributed by atoms with Crippen molar-refractivity contribution in [2.45, 2.75) is 32.9 Å². The number of hydrogen-bond donors (Lipinski definition) is 5. The minimum absolute atomic E-state index is 0. The summed E-state index contributed by atoms with van der Waals surface area (Å²) in [4.78, 5) is 18.2.